The first kappa shape index (κ1) is 17.4. The fourth-order valence-electron chi connectivity index (χ4n) is 3.99. The Labute approximate surface area is 166 Å². The van der Waals surface area contributed by atoms with Crippen molar-refractivity contribution in [1.82, 2.24) is 10.3 Å². The first-order chi connectivity index (χ1) is 13.6. The second kappa shape index (κ2) is 6.72. The van der Waals surface area contributed by atoms with Crippen LogP contribution in [0.15, 0.2) is 57.7 Å². The molecule has 142 valence electrons. The van der Waals surface area contributed by atoms with Gasteiger partial charge < -0.3 is 14.6 Å². The Morgan fingerprint density at radius 3 is 2.68 bits per heavy atom. The first-order valence-electron chi connectivity index (χ1n) is 9.52. The van der Waals surface area contributed by atoms with E-state index in [9.17, 15) is 4.79 Å². The number of aromatic nitrogens is 1. The quantitative estimate of drug-likeness (QED) is 0.553. The van der Waals surface area contributed by atoms with Crippen LogP contribution in [0.25, 0.3) is 31.8 Å². The van der Waals surface area contributed by atoms with E-state index in [0.717, 1.165) is 39.4 Å². The van der Waals surface area contributed by atoms with Crippen molar-refractivity contribution in [2.75, 3.05) is 18.0 Å². The number of para-hydroxylation sites is 1. The van der Waals surface area contributed by atoms with Crippen LogP contribution in [-0.4, -0.2) is 30.2 Å². The maximum atomic E-state index is 12.7. The third kappa shape index (κ3) is 3.08. The third-order valence-electron chi connectivity index (χ3n) is 5.17. The van der Waals surface area contributed by atoms with Crippen molar-refractivity contribution < 1.29 is 4.42 Å². The summed E-state index contributed by atoms with van der Waals surface area (Å²) < 4.78 is 6.73. The fraction of sp³-hybridized carbons (Fsp3) is 0.273. The molecule has 0 spiro atoms. The Morgan fingerprint density at radius 2 is 1.89 bits per heavy atom. The second-order valence-electron chi connectivity index (χ2n) is 7.53. The van der Waals surface area contributed by atoms with E-state index < -0.39 is 0 Å². The van der Waals surface area contributed by atoms with E-state index in [2.05, 4.69) is 35.1 Å². The van der Waals surface area contributed by atoms with Crippen molar-refractivity contribution in [3.8, 4) is 10.8 Å². The van der Waals surface area contributed by atoms with Crippen LogP contribution in [0.1, 0.15) is 13.8 Å². The minimum absolute atomic E-state index is 0.315. The normalized spacial score (nSPS) is 20.1. The molecule has 28 heavy (non-hydrogen) atoms. The van der Waals surface area contributed by atoms with Crippen LogP contribution in [-0.2, 0) is 0 Å². The van der Waals surface area contributed by atoms with E-state index in [0.29, 0.717) is 23.2 Å². The predicted octanol–water partition coefficient (Wildman–Crippen LogP) is 4.26. The van der Waals surface area contributed by atoms with Gasteiger partial charge in [0.15, 0.2) is 10.8 Å². The summed E-state index contributed by atoms with van der Waals surface area (Å²) in [5.74, 6) is 0.524. The van der Waals surface area contributed by atoms with Gasteiger partial charge in [-0.3, -0.25) is 0 Å². The minimum atomic E-state index is -0.315. The van der Waals surface area contributed by atoms with Gasteiger partial charge in [0.05, 0.1) is 15.6 Å². The standard InChI is InChI=1S/C22H21N3O2S/c1-13-11-25(12-14(2)23-13)16-8-7-15-9-19(27-22(26)17(15)10-16)21-24-18-5-3-4-6-20(18)28-21/h3-10,13-14,23H,11-12H2,1-2H3. The summed E-state index contributed by atoms with van der Waals surface area (Å²) in [6.45, 7) is 6.21. The number of fused-ring (bicyclic) bond motifs is 2. The molecule has 0 radical (unpaired) electrons. The maximum absolute atomic E-state index is 12.7. The van der Waals surface area contributed by atoms with Gasteiger partial charge in [-0.05, 0) is 49.6 Å². The molecule has 2 aromatic carbocycles. The molecule has 2 atom stereocenters. The number of anilines is 1. The molecular weight excluding hydrogens is 370 g/mol. The van der Waals surface area contributed by atoms with E-state index in [-0.39, 0.29) is 5.63 Å². The number of hydrogen-bond donors (Lipinski definition) is 1. The Balaban J connectivity index is 1.56. The van der Waals surface area contributed by atoms with E-state index in [1.165, 1.54) is 11.3 Å². The van der Waals surface area contributed by atoms with Gasteiger partial charge in [0.2, 0.25) is 0 Å². The molecule has 1 aliphatic rings. The summed E-state index contributed by atoms with van der Waals surface area (Å²) in [4.78, 5) is 19.7. The third-order valence-corrected chi connectivity index (χ3v) is 6.22. The minimum Gasteiger partial charge on any atom is -0.420 e. The molecule has 2 aromatic heterocycles. The molecule has 0 amide bonds. The highest BCUT2D eigenvalue weighted by Gasteiger charge is 2.21. The van der Waals surface area contributed by atoms with Gasteiger partial charge in [0.1, 0.15) is 0 Å². The predicted molar refractivity (Wildman–Crippen MR) is 115 cm³/mol. The van der Waals surface area contributed by atoms with Gasteiger partial charge in [0, 0.05) is 30.9 Å². The molecule has 1 aliphatic heterocycles. The smallest absolute Gasteiger partial charge is 0.344 e. The van der Waals surface area contributed by atoms with Gasteiger partial charge in [-0.25, -0.2) is 9.78 Å². The number of hydrogen-bond acceptors (Lipinski definition) is 6. The van der Waals surface area contributed by atoms with Gasteiger partial charge in [0.25, 0.3) is 0 Å². The van der Waals surface area contributed by atoms with Crippen molar-refractivity contribution in [2.24, 2.45) is 0 Å². The lowest BCUT2D eigenvalue weighted by molar-refractivity contribution is 0.407. The largest absolute Gasteiger partial charge is 0.420 e. The van der Waals surface area contributed by atoms with Crippen LogP contribution in [0.2, 0.25) is 0 Å². The zero-order chi connectivity index (χ0) is 19.3. The second-order valence-corrected chi connectivity index (χ2v) is 8.56. The highest BCUT2D eigenvalue weighted by molar-refractivity contribution is 7.21. The molecule has 2 unspecified atom stereocenters. The van der Waals surface area contributed by atoms with Crippen LogP contribution in [0.3, 0.4) is 0 Å². The lowest BCUT2D eigenvalue weighted by Gasteiger charge is -2.37. The molecule has 4 aromatic rings. The van der Waals surface area contributed by atoms with E-state index >= 15 is 0 Å². The number of rotatable bonds is 2. The van der Waals surface area contributed by atoms with Gasteiger partial charge in [-0.15, -0.1) is 11.3 Å². The van der Waals surface area contributed by atoms with Crippen molar-refractivity contribution >= 4 is 38.0 Å². The van der Waals surface area contributed by atoms with Crippen LogP contribution in [0, 0.1) is 0 Å². The van der Waals surface area contributed by atoms with Gasteiger partial charge in [-0.1, -0.05) is 18.2 Å². The number of benzene rings is 2. The van der Waals surface area contributed by atoms with Crippen LogP contribution >= 0.6 is 11.3 Å². The van der Waals surface area contributed by atoms with E-state index in [1.807, 2.05) is 42.5 Å². The zero-order valence-corrected chi connectivity index (χ0v) is 16.6. The van der Waals surface area contributed by atoms with Crippen molar-refractivity contribution in [3.63, 3.8) is 0 Å². The average Bonchev–Trinajstić information content (AvgIpc) is 3.11. The summed E-state index contributed by atoms with van der Waals surface area (Å²) in [6.07, 6.45) is 0. The Bertz CT molecular complexity index is 1190. The summed E-state index contributed by atoms with van der Waals surface area (Å²) in [7, 11) is 0. The van der Waals surface area contributed by atoms with Crippen molar-refractivity contribution in [2.45, 2.75) is 25.9 Å². The molecule has 0 bridgehead atoms. The number of piperazine rings is 1. The Morgan fingerprint density at radius 1 is 1.11 bits per heavy atom. The molecule has 5 nitrogen and oxygen atoms in total. The number of thiazole rings is 1. The molecule has 3 heterocycles. The fourth-order valence-corrected chi connectivity index (χ4v) is 4.91. The summed E-state index contributed by atoms with van der Waals surface area (Å²) in [6, 6.07) is 16.7. The highest BCUT2D eigenvalue weighted by Crippen LogP contribution is 2.31. The van der Waals surface area contributed by atoms with Crippen LogP contribution in [0.5, 0.6) is 0 Å². The molecule has 1 fully saturated rings. The lowest BCUT2D eigenvalue weighted by Crippen LogP contribution is -2.54. The first-order valence-corrected chi connectivity index (χ1v) is 10.3. The van der Waals surface area contributed by atoms with Gasteiger partial charge in [-0.2, -0.15) is 0 Å². The van der Waals surface area contributed by atoms with E-state index in [1.54, 1.807) is 0 Å². The van der Waals surface area contributed by atoms with Gasteiger partial charge >= 0.3 is 5.63 Å². The number of nitrogens with zero attached hydrogens (tertiary/aromatic N) is 2. The molecular formula is C22H21N3O2S. The number of nitrogens with one attached hydrogen (secondary N) is 1. The van der Waals surface area contributed by atoms with Crippen LogP contribution in [0.4, 0.5) is 5.69 Å². The van der Waals surface area contributed by atoms with Crippen molar-refractivity contribution in [1.29, 1.82) is 0 Å². The molecule has 6 heteroatoms. The summed E-state index contributed by atoms with van der Waals surface area (Å²) in [5.41, 5.74) is 1.67. The maximum Gasteiger partial charge on any atom is 0.344 e. The zero-order valence-electron chi connectivity index (χ0n) is 15.8. The summed E-state index contributed by atoms with van der Waals surface area (Å²) in [5, 5.41) is 5.76. The SMILES string of the molecule is CC1CN(c2ccc3cc(-c4nc5ccccc5s4)oc(=O)c3c2)CC(C)N1. The monoisotopic (exact) mass is 391 g/mol. The lowest BCUT2D eigenvalue weighted by atomic mass is 10.1. The molecule has 0 saturated carbocycles. The molecule has 1 N–H and O–H groups in total. The average molecular weight is 391 g/mol. The Hall–Kier alpha value is -2.70. The molecule has 1 saturated heterocycles. The molecule has 0 aliphatic carbocycles. The molecule has 5 rings (SSSR count). The Kier molecular flexibility index (Phi) is 4.18. The van der Waals surface area contributed by atoms with E-state index in [4.69, 9.17) is 4.42 Å². The topological polar surface area (TPSA) is 58.4 Å². The van der Waals surface area contributed by atoms with Crippen LogP contribution < -0.4 is 15.8 Å². The summed E-state index contributed by atoms with van der Waals surface area (Å²) >= 11 is 1.54. The highest BCUT2D eigenvalue weighted by atomic mass is 32.1. The van der Waals surface area contributed by atoms with Crippen molar-refractivity contribution in [3.05, 3.63) is 59.0 Å².